The molecule has 0 aliphatic heterocycles. The molecule has 0 saturated heterocycles. The number of benzene rings is 1. The molecule has 0 radical (unpaired) electrons. The molecule has 2 heteroatoms. The third-order valence-corrected chi connectivity index (χ3v) is 3.01. The quantitative estimate of drug-likeness (QED) is 0.594. The molecule has 0 amide bonds. The first-order chi connectivity index (χ1) is 8.66. The minimum absolute atomic E-state index is 0.137. The zero-order chi connectivity index (χ0) is 13.0. The van der Waals surface area contributed by atoms with E-state index in [0.717, 1.165) is 5.56 Å². The van der Waals surface area contributed by atoms with Crippen LogP contribution in [0.3, 0.4) is 0 Å². The second kappa shape index (κ2) is 5.58. The van der Waals surface area contributed by atoms with Crippen LogP contribution in [-0.4, -0.2) is 5.78 Å². The Hall–Kier alpha value is -1.96. The molecule has 0 bridgehead atoms. The summed E-state index contributed by atoms with van der Waals surface area (Å²) in [6, 6.07) is 13.5. The Labute approximate surface area is 108 Å². The molecule has 0 unspecified atom stereocenters. The van der Waals surface area contributed by atoms with E-state index in [1.165, 1.54) is 5.56 Å². The molecule has 0 fully saturated rings. The Morgan fingerprint density at radius 1 is 1.06 bits per heavy atom. The monoisotopic (exact) mass is 240 g/mol. The van der Waals surface area contributed by atoms with Crippen molar-refractivity contribution in [2.75, 3.05) is 0 Å². The van der Waals surface area contributed by atoms with Gasteiger partial charge < -0.3 is 0 Å². The molecule has 1 heterocycles. The van der Waals surface area contributed by atoms with Crippen molar-refractivity contribution >= 4 is 5.78 Å². The van der Waals surface area contributed by atoms with Crippen LogP contribution in [0, 0.1) is 0 Å². The van der Waals surface area contributed by atoms with E-state index in [4.69, 9.17) is 0 Å². The maximum Gasteiger partial charge on any atom is 0.227 e. The van der Waals surface area contributed by atoms with Gasteiger partial charge in [0, 0.05) is 17.7 Å². The Bertz CT molecular complexity index is 515. The number of ketones is 1. The molecule has 0 aliphatic carbocycles. The molecule has 0 atom stereocenters. The lowest BCUT2D eigenvalue weighted by atomic mass is 10.1. The van der Waals surface area contributed by atoms with Crippen LogP contribution in [0.5, 0.6) is 0 Å². The first-order valence-electron chi connectivity index (χ1n) is 6.24. The van der Waals surface area contributed by atoms with Gasteiger partial charge >= 0.3 is 0 Å². The second-order valence-corrected chi connectivity index (χ2v) is 4.75. The van der Waals surface area contributed by atoms with Gasteiger partial charge in [0.1, 0.15) is 0 Å². The molecule has 2 nitrogen and oxygen atoms in total. The average molecular weight is 240 g/mol. The normalized spacial score (nSPS) is 10.6. The summed E-state index contributed by atoms with van der Waals surface area (Å²) < 4.78 is 1.92. The Morgan fingerprint density at radius 3 is 2.22 bits per heavy atom. The standard InChI is InChI=1S/C16H18NO/c1-13(2)14-8-10-17(11-9-14)12-16(18)15-6-4-3-5-7-15/h3-11,13H,12H2,1-2H3/q+1. The van der Waals surface area contributed by atoms with Crippen molar-refractivity contribution in [3.63, 3.8) is 0 Å². The van der Waals surface area contributed by atoms with Crippen LogP contribution in [0.4, 0.5) is 0 Å². The van der Waals surface area contributed by atoms with Crippen LogP contribution in [-0.2, 0) is 6.54 Å². The molecule has 2 aromatic rings. The highest BCUT2D eigenvalue weighted by atomic mass is 16.1. The average Bonchev–Trinajstić information content (AvgIpc) is 2.40. The SMILES string of the molecule is CC(C)c1cc[n+](CC(=O)c2ccccc2)cc1. The number of nitrogens with zero attached hydrogens (tertiary/aromatic N) is 1. The lowest BCUT2D eigenvalue weighted by Crippen LogP contribution is -2.37. The van der Waals surface area contributed by atoms with Gasteiger partial charge in [0.25, 0.3) is 0 Å². The van der Waals surface area contributed by atoms with Crippen molar-refractivity contribution in [3.8, 4) is 0 Å². The van der Waals surface area contributed by atoms with Crippen LogP contribution in [0.2, 0.25) is 0 Å². The van der Waals surface area contributed by atoms with E-state index in [9.17, 15) is 4.79 Å². The fourth-order valence-corrected chi connectivity index (χ4v) is 1.84. The van der Waals surface area contributed by atoms with Gasteiger partial charge in [-0.25, -0.2) is 0 Å². The fraction of sp³-hybridized carbons (Fsp3) is 0.250. The molecule has 0 spiro atoms. The Morgan fingerprint density at radius 2 is 1.67 bits per heavy atom. The Kier molecular flexibility index (Phi) is 3.88. The molecule has 1 aromatic carbocycles. The van der Waals surface area contributed by atoms with Crippen molar-refractivity contribution in [1.82, 2.24) is 0 Å². The van der Waals surface area contributed by atoms with E-state index in [1.807, 2.05) is 47.3 Å². The third kappa shape index (κ3) is 3.04. The highest BCUT2D eigenvalue weighted by molar-refractivity contribution is 5.94. The minimum atomic E-state index is 0.137. The van der Waals surface area contributed by atoms with Crippen LogP contribution >= 0.6 is 0 Å². The van der Waals surface area contributed by atoms with Gasteiger partial charge in [-0.1, -0.05) is 44.2 Å². The zero-order valence-electron chi connectivity index (χ0n) is 10.8. The molecular formula is C16H18NO+. The van der Waals surface area contributed by atoms with E-state index in [2.05, 4.69) is 26.0 Å². The van der Waals surface area contributed by atoms with Gasteiger partial charge in [0.2, 0.25) is 12.3 Å². The molecule has 0 aliphatic rings. The number of Topliss-reactive ketones (excluding diaryl/α,β-unsaturated/α-hetero) is 1. The lowest BCUT2D eigenvalue weighted by molar-refractivity contribution is -0.683. The summed E-state index contributed by atoms with van der Waals surface area (Å²) in [5.41, 5.74) is 2.05. The smallest absolute Gasteiger partial charge is 0.227 e. The summed E-state index contributed by atoms with van der Waals surface area (Å²) in [6.07, 6.45) is 3.94. The van der Waals surface area contributed by atoms with Crippen molar-refractivity contribution in [2.45, 2.75) is 26.3 Å². The third-order valence-electron chi connectivity index (χ3n) is 3.01. The number of aromatic nitrogens is 1. The molecular weight excluding hydrogens is 222 g/mol. The van der Waals surface area contributed by atoms with Gasteiger partial charge in [-0.3, -0.25) is 4.79 Å². The highest BCUT2D eigenvalue weighted by Crippen LogP contribution is 2.10. The second-order valence-electron chi connectivity index (χ2n) is 4.75. The topological polar surface area (TPSA) is 20.9 Å². The Balaban J connectivity index is 2.08. The predicted octanol–water partition coefficient (Wildman–Crippen LogP) is 2.98. The molecule has 1 aromatic heterocycles. The van der Waals surface area contributed by atoms with Gasteiger partial charge in [0.05, 0.1) is 0 Å². The summed E-state index contributed by atoms with van der Waals surface area (Å²) in [7, 11) is 0. The first kappa shape index (κ1) is 12.5. The fourth-order valence-electron chi connectivity index (χ4n) is 1.84. The summed E-state index contributed by atoms with van der Waals surface area (Å²) in [5.74, 6) is 0.655. The van der Waals surface area contributed by atoms with Crippen molar-refractivity contribution in [1.29, 1.82) is 0 Å². The number of rotatable bonds is 4. The number of carbonyl (C=O) groups is 1. The summed E-state index contributed by atoms with van der Waals surface area (Å²) >= 11 is 0. The van der Waals surface area contributed by atoms with E-state index >= 15 is 0 Å². The van der Waals surface area contributed by atoms with Gasteiger partial charge in [-0.05, 0) is 11.5 Å². The lowest BCUT2D eigenvalue weighted by Gasteiger charge is -2.03. The largest absolute Gasteiger partial charge is 0.287 e. The van der Waals surface area contributed by atoms with Crippen LogP contribution < -0.4 is 4.57 Å². The predicted molar refractivity (Wildman–Crippen MR) is 71.5 cm³/mol. The van der Waals surface area contributed by atoms with E-state index in [0.29, 0.717) is 12.5 Å². The maximum atomic E-state index is 12.0. The van der Waals surface area contributed by atoms with Crippen LogP contribution in [0.15, 0.2) is 54.9 Å². The molecule has 2 rings (SSSR count). The zero-order valence-corrected chi connectivity index (χ0v) is 10.8. The highest BCUT2D eigenvalue weighted by Gasteiger charge is 2.11. The van der Waals surface area contributed by atoms with Crippen molar-refractivity contribution < 1.29 is 9.36 Å². The van der Waals surface area contributed by atoms with Gasteiger partial charge in [-0.15, -0.1) is 0 Å². The van der Waals surface area contributed by atoms with Crippen LogP contribution in [0.25, 0.3) is 0 Å². The van der Waals surface area contributed by atoms with E-state index in [1.54, 1.807) is 0 Å². The molecule has 0 saturated carbocycles. The summed E-state index contributed by atoms with van der Waals surface area (Å²) in [6.45, 7) is 4.71. The van der Waals surface area contributed by atoms with Crippen LogP contribution in [0.1, 0.15) is 35.7 Å². The molecule has 0 N–H and O–H groups in total. The summed E-state index contributed by atoms with van der Waals surface area (Å²) in [5, 5.41) is 0. The van der Waals surface area contributed by atoms with Crippen molar-refractivity contribution in [3.05, 3.63) is 66.0 Å². The van der Waals surface area contributed by atoms with Gasteiger partial charge in [0.15, 0.2) is 12.4 Å². The first-order valence-corrected chi connectivity index (χ1v) is 6.24. The van der Waals surface area contributed by atoms with E-state index < -0.39 is 0 Å². The molecule has 92 valence electrons. The van der Waals surface area contributed by atoms with Gasteiger partial charge in [-0.2, -0.15) is 4.57 Å². The number of pyridine rings is 1. The number of hydrogen-bond donors (Lipinski definition) is 0. The minimum Gasteiger partial charge on any atom is -0.287 e. The number of hydrogen-bond acceptors (Lipinski definition) is 1. The summed E-state index contributed by atoms with van der Waals surface area (Å²) in [4.78, 5) is 12.0. The number of carbonyl (C=O) groups excluding carboxylic acids is 1. The van der Waals surface area contributed by atoms with Crippen molar-refractivity contribution in [2.24, 2.45) is 0 Å². The molecule has 18 heavy (non-hydrogen) atoms. The van der Waals surface area contributed by atoms with E-state index in [-0.39, 0.29) is 5.78 Å². The maximum absolute atomic E-state index is 12.0.